The highest BCUT2D eigenvalue weighted by atomic mass is 79.9. The smallest absolute Gasteiger partial charge is 0.0586 e. The van der Waals surface area contributed by atoms with Crippen LogP contribution in [0.2, 0.25) is 0 Å². The van der Waals surface area contributed by atoms with Gasteiger partial charge in [0.2, 0.25) is 0 Å². The van der Waals surface area contributed by atoms with Crippen molar-refractivity contribution in [2.24, 2.45) is 0 Å². The van der Waals surface area contributed by atoms with E-state index in [1.54, 1.807) is 0 Å². The Morgan fingerprint density at radius 1 is 0.758 bits per heavy atom. The summed E-state index contributed by atoms with van der Waals surface area (Å²) < 4.78 is 2.20. The maximum Gasteiger partial charge on any atom is 0.0586 e. The molecule has 3 aliphatic rings. The molecule has 0 saturated heterocycles. The average molecular weight is 561 g/mol. The Labute approximate surface area is 213 Å². The number of benzene rings is 3. The molecule has 0 spiro atoms. The van der Waals surface area contributed by atoms with Gasteiger partial charge in [0, 0.05) is 26.2 Å². The number of nitrogens with zero attached hydrogens (tertiary/aromatic N) is 1. The third kappa shape index (κ3) is 4.04. The minimum absolute atomic E-state index is 0.479. The standard InChI is InChI=1S/C30H27Br2N/c31-24-16-23(17-25(32)19-24)22-12-15-30-28(18-22)27-8-4-5-9-29(27)33(30)26-13-10-21(11-14-26)20-6-2-1-3-7-20/h1-8,12,15-19,21,26,29H,9-11,13-14H2. The third-order valence-electron chi connectivity index (χ3n) is 7.61. The van der Waals surface area contributed by atoms with Crippen LogP contribution < -0.4 is 4.90 Å². The second-order valence-electron chi connectivity index (χ2n) is 9.52. The number of allylic oxidation sites excluding steroid dienone is 2. The van der Waals surface area contributed by atoms with Gasteiger partial charge in [-0.2, -0.15) is 0 Å². The zero-order valence-electron chi connectivity index (χ0n) is 18.6. The molecular formula is C30H27Br2N. The van der Waals surface area contributed by atoms with Gasteiger partial charge in [-0.1, -0.05) is 86.5 Å². The first-order valence-electron chi connectivity index (χ1n) is 12.0. The molecule has 0 aromatic heterocycles. The first kappa shape index (κ1) is 21.4. The quantitative estimate of drug-likeness (QED) is 0.308. The maximum absolute atomic E-state index is 3.65. The summed E-state index contributed by atoms with van der Waals surface area (Å²) in [7, 11) is 0. The van der Waals surface area contributed by atoms with Crippen molar-refractivity contribution in [3.63, 3.8) is 0 Å². The predicted molar refractivity (Wildman–Crippen MR) is 147 cm³/mol. The SMILES string of the molecule is Brc1cc(Br)cc(-c2ccc3c(c2)C2=CC=CCC2N3C2CCC(c3ccccc3)CC2)c1. The van der Waals surface area contributed by atoms with E-state index in [4.69, 9.17) is 0 Å². The fourth-order valence-corrected chi connectivity index (χ4v) is 7.37. The normalized spacial score (nSPS) is 23.8. The molecule has 3 heteroatoms. The zero-order valence-corrected chi connectivity index (χ0v) is 21.7. The van der Waals surface area contributed by atoms with Gasteiger partial charge in [-0.05, 0) is 90.6 Å². The number of hydrogen-bond donors (Lipinski definition) is 0. The molecule has 1 aliphatic heterocycles. The first-order chi connectivity index (χ1) is 16.2. The van der Waals surface area contributed by atoms with Crippen molar-refractivity contribution in [2.45, 2.75) is 50.1 Å². The summed E-state index contributed by atoms with van der Waals surface area (Å²) in [6.07, 6.45) is 13.2. The lowest BCUT2D eigenvalue weighted by atomic mass is 9.81. The van der Waals surface area contributed by atoms with Crippen molar-refractivity contribution in [2.75, 3.05) is 4.90 Å². The van der Waals surface area contributed by atoms with Gasteiger partial charge in [0.1, 0.15) is 0 Å². The zero-order chi connectivity index (χ0) is 22.4. The monoisotopic (exact) mass is 559 g/mol. The van der Waals surface area contributed by atoms with Crippen LogP contribution >= 0.6 is 31.9 Å². The first-order valence-corrected chi connectivity index (χ1v) is 13.6. The highest BCUT2D eigenvalue weighted by Gasteiger charge is 2.39. The average Bonchev–Trinajstić information content (AvgIpc) is 3.18. The molecule has 2 aliphatic carbocycles. The molecule has 0 radical (unpaired) electrons. The van der Waals surface area contributed by atoms with Crippen molar-refractivity contribution in [3.05, 3.63) is 105 Å². The lowest BCUT2D eigenvalue weighted by molar-refractivity contribution is 0.370. The van der Waals surface area contributed by atoms with Crippen LogP contribution in [0.3, 0.4) is 0 Å². The molecule has 0 bridgehead atoms. The Kier molecular flexibility index (Phi) is 5.80. The maximum atomic E-state index is 3.65. The van der Waals surface area contributed by atoms with E-state index in [-0.39, 0.29) is 0 Å². The summed E-state index contributed by atoms with van der Waals surface area (Å²) in [6.45, 7) is 0. The van der Waals surface area contributed by atoms with E-state index in [2.05, 4.69) is 122 Å². The van der Waals surface area contributed by atoms with Crippen molar-refractivity contribution in [3.8, 4) is 11.1 Å². The lowest BCUT2D eigenvalue weighted by Gasteiger charge is -2.40. The van der Waals surface area contributed by atoms with Gasteiger partial charge in [0.05, 0.1) is 6.04 Å². The minimum atomic E-state index is 0.479. The van der Waals surface area contributed by atoms with Crippen LogP contribution in [0, 0.1) is 0 Å². The molecule has 1 atom stereocenters. The summed E-state index contributed by atoms with van der Waals surface area (Å²) >= 11 is 7.31. The van der Waals surface area contributed by atoms with Crippen LogP contribution in [-0.2, 0) is 0 Å². The molecule has 0 amide bonds. The molecule has 1 unspecified atom stereocenters. The Balaban J connectivity index is 1.32. The second kappa shape index (κ2) is 8.92. The summed E-state index contributed by atoms with van der Waals surface area (Å²) in [6, 6.07) is 25.8. The van der Waals surface area contributed by atoms with Gasteiger partial charge in [-0.15, -0.1) is 0 Å². The molecule has 1 nitrogen and oxygen atoms in total. The summed E-state index contributed by atoms with van der Waals surface area (Å²) in [5.74, 6) is 0.711. The van der Waals surface area contributed by atoms with E-state index >= 15 is 0 Å². The van der Waals surface area contributed by atoms with E-state index in [1.807, 2.05) is 0 Å². The molecule has 1 fully saturated rings. The van der Waals surface area contributed by atoms with Crippen LogP contribution in [-0.4, -0.2) is 12.1 Å². The fourth-order valence-electron chi connectivity index (χ4n) is 6.07. The minimum Gasteiger partial charge on any atom is -0.361 e. The Hall–Kier alpha value is -2.10. The largest absolute Gasteiger partial charge is 0.361 e. The summed E-state index contributed by atoms with van der Waals surface area (Å²) in [4.78, 5) is 2.77. The Morgan fingerprint density at radius 3 is 2.27 bits per heavy atom. The Bertz CT molecular complexity index is 1220. The number of hydrogen-bond acceptors (Lipinski definition) is 1. The van der Waals surface area contributed by atoms with Crippen LogP contribution in [0.25, 0.3) is 16.7 Å². The number of anilines is 1. The van der Waals surface area contributed by atoms with Crippen molar-refractivity contribution < 1.29 is 0 Å². The van der Waals surface area contributed by atoms with E-state index in [0.29, 0.717) is 18.0 Å². The Morgan fingerprint density at radius 2 is 1.52 bits per heavy atom. The summed E-state index contributed by atoms with van der Waals surface area (Å²) in [5, 5.41) is 0. The molecule has 33 heavy (non-hydrogen) atoms. The second-order valence-corrected chi connectivity index (χ2v) is 11.3. The van der Waals surface area contributed by atoms with E-state index < -0.39 is 0 Å². The lowest BCUT2D eigenvalue weighted by Crippen LogP contribution is -2.42. The molecule has 0 N–H and O–H groups in total. The van der Waals surface area contributed by atoms with E-state index in [0.717, 1.165) is 15.4 Å². The van der Waals surface area contributed by atoms with Gasteiger partial charge < -0.3 is 4.90 Å². The highest BCUT2D eigenvalue weighted by molar-refractivity contribution is 9.11. The van der Waals surface area contributed by atoms with Crippen LogP contribution in [0.15, 0.2) is 93.9 Å². The fraction of sp³-hybridized carbons (Fsp3) is 0.267. The number of halogens is 2. The predicted octanol–water partition coefficient (Wildman–Crippen LogP) is 9.14. The molecule has 1 heterocycles. The molecular weight excluding hydrogens is 534 g/mol. The van der Waals surface area contributed by atoms with E-state index in [9.17, 15) is 0 Å². The van der Waals surface area contributed by atoms with Crippen LogP contribution in [0.1, 0.15) is 49.1 Å². The van der Waals surface area contributed by atoms with Gasteiger partial charge >= 0.3 is 0 Å². The third-order valence-corrected chi connectivity index (χ3v) is 8.52. The number of fused-ring (bicyclic) bond motifs is 3. The summed E-state index contributed by atoms with van der Waals surface area (Å²) in [5.41, 5.74) is 8.38. The van der Waals surface area contributed by atoms with Crippen molar-refractivity contribution in [1.82, 2.24) is 0 Å². The van der Waals surface area contributed by atoms with E-state index in [1.165, 1.54) is 59.2 Å². The van der Waals surface area contributed by atoms with Crippen molar-refractivity contribution in [1.29, 1.82) is 0 Å². The van der Waals surface area contributed by atoms with Gasteiger partial charge in [-0.25, -0.2) is 0 Å². The molecule has 3 aromatic rings. The van der Waals surface area contributed by atoms with Gasteiger partial charge in [0.15, 0.2) is 0 Å². The molecule has 166 valence electrons. The topological polar surface area (TPSA) is 3.24 Å². The van der Waals surface area contributed by atoms with Gasteiger partial charge in [-0.3, -0.25) is 0 Å². The molecule has 6 rings (SSSR count). The van der Waals surface area contributed by atoms with Gasteiger partial charge in [0.25, 0.3) is 0 Å². The highest BCUT2D eigenvalue weighted by Crippen LogP contribution is 2.48. The van der Waals surface area contributed by atoms with Crippen LogP contribution in [0.4, 0.5) is 5.69 Å². The van der Waals surface area contributed by atoms with Crippen molar-refractivity contribution >= 4 is 43.1 Å². The number of rotatable bonds is 3. The molecule has 1 saturated carbocycles. The molecule has 3 aromatic carbocycles. The van der Waals surface area contributed by atoms with Crippen LogP contribution in [0.5, 0.6) is 0 Å².